The Morgan fingerprint density at radius 1 is 1.33 bits per heavy atom. The van der Waals surface area contributed by atoms with E-state index in [1.807, 2.05) is 34.6 Å². The Hall–Kier alpha value is -0.770. The maximum Gasteiger partial charge on any atom is 0.540 e. The number of hydrogen-bond donors (Lipinski definition) is 0. The fourth-order valence-electron chi connectivity index (χ4n) is 0.558. The molecule has 4 nitrogen and oxygen atoms in total. The smallest absolute Gasteiger partial charge is 0.432 e. The minimum Gasteiger partial charge on any atom is -0.432 e. The molecule has 0 aromatic rings. The SMILES string of the molecule is CCC(C)COC(=O)OOC(C)(C)CC. The van der Waals surface area contributed by atoms with Gasteiger partial charge >= 0.3 is 6.16 Å². The second-order valence-electron chi connectivity index (χ2n) is 4.35. The van der Waals surface area contributed by atoms with E-state index >= 15 is 0 Å². The Labute approximate surface area is 91.8 Å². The Bertz CT molecular complexity index is 189. The molecular weight excluding hydrogens is 196 g/mol. The zero-order chi connectivity index (χ0) is 11.9. The van der Waals surface area contributed by atoms with Crippen LogP contribution in [0.5, 0.6) is 0 Å². The highest BCUT2D eigenvalue weighted by Gasteiger charge is 2.20. The Morgan fingerprint density at radius 3 is 2.40 bits per heavy atom. The van der Waals surface area contributed by atoms with E-state index in [2.05, 4.69) is 4.89 Å². The minimum atomic E-state index is -0.767. The predicted molar refractivity (Wildman–Crippen MR) is 57.3 cm³/mol. The molecule has 0 heterocycles. The molecule has 0 N–H and O–H groups in total. The molecule has 0 radical (unpaired) electrons. The van der Waals surface area contributed by atoms with Crippen LogP contribution in [0, 0.1) is 5.92 Å². The van der Waals surface area contributed by atoms with Gasteiger partial charge in [-0.3, -0.25) is 4.89 Å². The van der Waals surface area contributed by atoms with Crippen molar-refractivity contribution in [2.75, 3.05) is 6.61 Å². The van der Waals surface area contributed by atoms with Crippen molar-refractivity contribution in [3.8, 4) is 0 Å². The Kier molecular flexibility index (Phi) is 6.32. The highest BCUT2D eigenvalue weighted by Crippen LogP contribution is 2.14. The first-order chi connectivity index (χ1) is 6.91. The monoisotopic (exact) mass is 218 g/mol. The first-order valence-electron chi connectivity index (χ1n) is 5.43. The highest BCUT2D eigenvalue weighted by atomic mass is 17.2. The van der Waals surface area contributed by atoms with Crippen molar-refractivity contribution in [3.63, 3.8) is 0 Å². The molecule has 1 atom stereocenters. The molecule has 0 aliphatic heterocycles. The molecule has 0 saturated heterocycles. The molecule has 0 rings (SSSR count). The van der Waals surface area contributed by atoms with Gasteiger partial charge in [0.15, 0.2) is 0 Å². The molecule has 90 valence electrons. The van der Waals surface area contributed by atoms with Crippen LogP contribution >= 0.6 is 0 Å². The van der Waals surface area contributed by atoms with Crippen molar-refractivity contribution in [1.82, 2.24) is 0 Å². The lowest BCUT2D eigenvalue weighted by Gasteiger charge is -2.20. The summed E-state index contributed by atoms with van der Waals surface area (Å²) in [7, 11) is 0. The molecule has 0 aromatic carbocycles. The van der Waals surface area contributed by atoms with Crippen LogP contribution in [0.2, 0.25) is 0 Å². The highest BCUT2D eigenvalue weighted by molar-refractivity contribution is 5.58. The van der Waals surface area contributed by atoms with Crippen molar-refractivity contribution in [3.05, 3.63) is 0 Å². The van der Waals surface area contributed by atoms with Gasteiger partial charge in [0.1, 0.15) is 5.60 Å². The molecule has 4 heteroatoms. The third-order valence-electron chi connectivity index (χ3n) is 2.37. The van der Waals surface area contributed by atoms with E-state index in [-0.39, 0.29) is 0 Å². The van der Waals surface area contributed by atoms with Gasteiger partial charge in [0.2, 0.25) is 0 Å². The summed E-state index contributed by atoms with van der Waals surface area (Å²) in [6, 6.07) is 0. The minimum absolute atomic E-state index is 0.344. The van der Waals surface area contributed by atoms with E-state index in [1.165, 1.54) is 0 Å². The van der Waals surface area contributed by atoms with Gasteiger partial charge < -0.3 is 4.74 Å². The normalized spacial score (nSPS) is 13.4. The summed E-state index contributed by atoms with van der Waals surface area (Å²) >= 11 is 0. The summed E-state index contributed by atoms with van der Waals surface area (Å²) in [5, 5.41) is 0. The molecule has 15 heavy (non-hydrogen) atoms. The van der Waals surface area contributed by atoms with Gasteiger partial charge in [0.25, 0.3) is 0 Å². The van der Waals surface area contributed by atoms with Crippen molar-refractivity contribution >= 4 is 6.16 Å². The summed E-state index contributed by atoms with van der Waals surface area (Å²) < 4.78 is 4.85. The van der Waals surface area contributed by atoms with Crippen LogP contribution in [-0.2, 0) is 14.5 Å². The fraction of sp³-hybridized carbons (Fsp3) is 0.909. The molecule has 0 saturated carbocycles. The maximum absolute atomic E-state index is 11.1. The number of ether oxygens (including phenoxy) is 1. The third-order valence-corrected chi connectivity index (χ3v) is 2.37. The van der Waals surface area contributed by atoms with Gasteiger partial charge in [-0.2, -0.15) is 4.89 Å². The maximum atomic E-state index is 11.1. The number of rotatable bonds is 6. The Balaban J connectivity index is 3.67. The quantitative estimate of drug-likeness (QED) is 0.390. The third kappa shape index (κ3) is 7.19. The van der Waals surface area contributed by atoms with Gasteiger partial charge in [0, 0.05) is 0 Å². The summed E-state index contributed by atoms with van der Waals surface area (Å²) in [4.78, 5) is 20.5. The molecular formula is C11H22O4. The molecule has 1 unspecified atom stereocenters. The second kappa shape index (κ2) is 6.67. The summed E-state index contributed by atoms with van der Waals surface area (Å²) in [6.45, 7) is 10.0. The molecule has 0 fully saturated rings. The lowest BCUT2D eigenvalue weighted by Crippen LogP contribution is -2.25. The standard InChI is InChI=1S/C11H22O4/c1-6-9(3)8-13-10(12)14-15-11(4,5)7-2/h9H,6-8H2,1-5H3. The average molecular weight is 218 g/mol. The van der Waals surface area contributed by atoms with Crippen molar-refractivity contribution < 1.29 is 19.3 Å². The molecule has 0 spiro atoms. The van der Waals surface area contributed by atoms with Gasteiger partial charge in [-0.15, -0.1) is 0 Å². The van der Waals surface area contributed by atoms with E-state index in [4.69, 9.17) is 9.62 Å². The van der Waals surface area contributed by atoms with Crippen LogP contribution in [-0.4, -0.2) is 18.4 Å². The van der Waals surface area contributed by atoms with Crippen LogP contribution in [0.4, 0.5) is 4.79 Å². The van der Waals surface area contributed by atoms with Crippen molar-refractivity contribution in [2.45, 2.75) is 53.1 Å². The van der Waals surface area contributed by atoms with E-state index < -0.39 is 11.8 Å². The first-order valence-corrected chi connectivity index (χ1v) is 5.43. The van der Waals surface area contributed by atoms with Gasteiger partial charge in [-0.25, -0.2) is 4.79 Å². The van der Waals surface area contributed by atoms with Gasteiger partial charge in [-0.05, 0) is 26.2 Å². The first kappa shape index (κ1) is 14.2. The van der Waals surface area contributed by atoms with Crippen molar-refractivity contribution in [2.24, 2.45) is 5.92 Å². The lowest BCUT2D eigenvalue weighted by molar-refractivity contribution is -0.318. The van der Waals surface area contributed by atoms with Gasteiger partial charge in [0.05, 0.1) is 6.61 Å². The van der Waals surface area contributed by atoms with E-state index in [9.17, 15) is 4.79 Å². The molecule has 0 bridgehead atoms. The van der Waals surface area contributed by atoms with E-state index in [0.717, 1.165) is 12.8 Å². The van der Waals surface area contributed by atoms with Crippen LogP contribution in [0.15, 0.2) is 0 Å². The topological polar surface area (TPSA) is 44.8 Å². The number of carbonyl (C=O) groups is 1. The zero-order valence-corrected chi connectivity index (χ0v) is 10.3. The molecule has 0 aliphatic carbocycles. The zero-order valence-electron chi connectivity index (χ0n) is 10.3. The Morgan fingerprint density at radius 2 is 1.93 bits per heavy atom. The number of carbonyl (C=O) groups excluding carboxylic acids is 1. The van der Waals surface area contributed by atoms with Crippen LogP contribution in [0.3, 0.4) is 0 Å². The number of hydrogen-bond acceptors (Lipinski definition) is 4. The van der Waals surface area contributed by atoms with E-state index in [0.29, 0.717) is 12.5 Å². The van der Waals surface area contributed by atoms with Crippen molar-refractivity contribution in [1.29, 1.82) is 0 Å². The van der Waals surface area contributed by atoms with Crippen LogP contribution in [0.25, 0.3) is 0 Å². The average Bonchev–Trinajstić information content (AvgIpc) is 2.23. The second-order valence-corrected chi connectivity index (χ2v) is 4.35. The summed E-state index contributed by atoms with van der Waals surface area (Å²) in [5.41, 5.74) is -0.463. The van der Waals surface area contributed by atoms with Gasteiger partial charge in [-0.1, -0.05) is 27.2 Å². The van der Waals surface area contributed by atoms with E-state index in [1.54, 1.807) is 0 Å². The summed E-state index contributed by atoms with van der Waals surface area (Å²) in [6.07, 6.45) is 0.956. The predicted octanol–water partition coefficient (Wildman–Crippen LogP) is 3.31. The molecule has 0 amide bonds. The van der Waals surface area contributed by atoms with Crippen LogP contribution in [0.1, 0.15) is 47.5 Å². The lowest BCUT2D eigenvalue weighted by atomic mass is 10.1. The molecule has 0 aliphatic rings. The molecule has 0 aromatic heterocycles. The fourth-order valence-corrected chi connectivity index (χ4v) is 0.558. The van der Waals surface area contributed by atoms with Crippen LogP contribution < -0.4 is 0 Å². The summed E-state index contributed by atoms with van der Waals surface area (Å²) in [5.74, 6) is 0.344. The largest absolute Gasteiger partial charge is 0.540 e.